The van der Waals surface area contributed by atoms with Crippen LogP contribution in [-0.2, 0) is 4.43 Å². The van der Waals surface area contributed by atoms with Gasteiger partial charge in [-0.1, -0.05) is 20.8 Å². The predicted octanol–water partition coefficient (Wildman–Crippen LogP) is 2.64. The molecule has 0 aliphatic carbocycles. The van der Waals surface area contributed by atoms with Crippen LogP contribution in [0.15, 0.2) is 0 Å². The summed E-state index contributed by atoms with van der Waals surface area (Å²) in [7, 11) is -1.65. The molecule has 0 spiro atoms. The summed E-state index contributed by atoms with van der Waals surface area (Å²) in [5, 5.41) is 9.75. The highest BCUT2D eigenvalue weighted by Crippen LogP contribution is 2.36. The molecule has 1 N–H and O–H groups in total. The van der Waals surface area contributed by atoms with Crippen LogP contribution in [0, 0.1) is 0 Å². The van der Waals surface area contributed by atoms with Crippen molar-refractivity contribution in [2.75, 3.05) is 6.61 Å². The minimum atomic E-state index is -1.65. The molecule has 4 heteroatoms. The van der Waals surface area contributed by atoms with Crippen molar-refractivity contribution in [3.8, 4) is 0 Å². The Labute approximate surface area is 93.9 Å². The fourth-order valence-corrected chi connectivity index (χ4v) is 2.40. The van der Waals surface area contributed by atoms with E-state index in [1.165, 1.54) is 4.74 Å². The zero-order valence-corrected chi connectivity index (χ0v) is 11.6. The number of hydrogen-bond acceptors (Lipinski definition) is 2. The van der Waals surface area contributed by atoms with E-state index in [2.05, 4.69) is 33.9 Å². The lowest BCUT2D eigenvalue weighted by atomic mass is 10.2. The molecular weight excluding hydrogens is 206 g/mol. The SMILES string of the molecule is CC(C)(C)[Si](C)(C)OCC1CCC=[N+]1O. The highest BCUT2D eigenvalue weighted by Gasteiger charge is 2.39. The van der Waals surface area contributed by atoms with E-state index in [0.29, 0.717) is 6.61 Å². The van der Waals surface area contributed by atoms with Gasteiger partial charge in [0.1, 0.15) is 6.61 Å². The molecule has 1 atom stereocenters. The van der Waals surface area contributed by atoms with Gasteiger partial charge in [-0.25, -0.2) is 0 Å². The van der Waals surface area contributed by atoms with Gasteiger partial charge < -0.3 is 4.43 Å². The van der Waals surface area contributed by atoms with Gasteiger partial charge in [0.15, 0.2) is 14.5 Å². The second kappa shape index (κ2) is 4.26. The van der Waals surface area contributed by atoms with Gasteiger partial charge in [0.25, 0.3) is 0 Å². The van der Waals surface area contributed by atoms with Crippen molar-refractivity contribution in [2.24, 2.45) is 0 Å². The van der Waals surface area contributed by atoms with Gasteiger partial charge in [-0.3, -0.25) is 5.21 Å². The average molecular weight is 230 g/mol. The summed E-state index contributed by atoms with van der Waals surface area (Å²) in [6.45, 7) is 11.8. The van der Waals surface area contributed by atoms with Crippen LogP contribution >= 0.6 is 0 Å². The summed E-state index contributed by atoms with van der Waals surface area (Å²) >= 11 is 0. The van der Waals surface area contributed by atoms with Gasteiger partial charge in [-0.2, -0.15) is 0 Å². The highest BCUT2D eigenvalue weighted by atomic mass is 28.4. The Bertz CT molecular complexity index is 256. The van der Waals surface area contributed by atoms with Crippen LogP contribution in [0.3, 0.4) is 0 Å². The normalized spacial score (nSPS) is 23.0. The van der Waals surface area contributed by atoms with Crippen molar-refractivity contribution in [1.82, 2.24) is 0 Å². The molecule has 3 nitrogen and oxygen atoms in total. The maximum Gasteiger partial charge on any atom is 0.224 e. The van der Waals surface area contributed by atoms with Crippen molar-refractivity contribution < 1.29 is 14.4 Å². The molecule has 88 valence electrons. The predicted molar refractivity (Wildman–Crippen MR) is 64.3 cm³/mol. The van der Waals surface area contributed by atoms with E-state index >= 15 is 0 Å². The molecule has 0 saturated heterocycles. The fourth-order valence-electron chi connectivity index (χ4n) is 1.36. The first-order chi connectivity index (χ1) is 6.74. The van der Waals surface area contributed by atoms with Gasteiger partial charge >= 0.3 is 0 Å². The van der Waals surface area contributed by atoms with E-state index in [4.69, 9.17) is 4.43 Å². The lowest BCUT2D eigenvalue weighted by Crippen LogP contribution is -2.43. The smallest absolute Gasteiger partial charge is 0.224 e. The van der Waals surface area contributed by atoms with Crippen molar-refractivity contribution in [2.45, 2.75) is 57.8 Å². The average Bonchev–Trinajstić information content (AvgIpc) is 2.46. The molecule has 1 heterocycles. The number of hydrogen-bond donors (Lipinski definition) is 1. The second-order valence-corrected chi connectivity index (χ2v) is 10.7. The number of hydroxylamine groups is 1. The lowest BCUT2D eigenvalue weighted by Gasteiger charge is -2.36. The molecule has 0 aromatic carbocycles. The third-order valence-corrected chi connectivity index (χ3v) is 8.13. The molecule has 0 saturated carbocycles. The van der Waals surface area contributed by atoms with Crippen molar-refractivity contribution in [1.29, 1.82) is 0 Å². The summed E-state index contributed by atoms with van der Waals surface area (Å²) in [4.78, 5) is 0. The summed E-state index contributed by atoms with van der Waals surface area (Å²) in [5.41, 5.74) is 0. The molecule has 0 fully saturated rings. The van der Waals surface area contributed by atoms with Crippen LogP contribution in [0.4, 0.5) is 0 Å². The van der Waals surface area contributed by atoms with Crippen LogP contribution in [0.25, 0.3) is 0 Å². The fraction of sp³-hybridized carbons (Fsp3) is 0.909. The van der Waals surface area contributed by atoms with Crippen molar-refractivity contribution in [3.63, 3.8) is 0 Å². The molecular formula is C11H24NO2Si+. The van der Waals surface area contributed by atoms with E-state index < -0.39 is 8.32 Å². The van der Waals surface area contributed by atoms with Gasteiger partial charge in [0.2, 0.25) is 6.04 Å². The van der Waals surface area contributed by atoms with E-state index in [1.807, 2.05) is 6.21 Å². The quantitative estimate of drug-likeness (QED) is 0.459. The van der Waals surface area contributed by atoms with Crippen LogP contribution in [0.2, 0.25) is 18.1 Å². The van der Waals surface area contributed by atoms with Gasteiger partial charge in [0.05, 0.1) is 0 Å². The Morgan fingerprint density at radius 3 is 2.47 bits per heavy atom. The van der Waals surface area contributed by atoms with Crippen molar-refractivity contribution in [3.05, 3.63) is 0 Å². The topological polar surface area (TPSA) is 32.5 Å². The third kappa shape index (κ3) is 3.05. The minimum absolute atomic E-state index is 0.166. The maximum absolute atomic E-state index is 9.50. The monoisotopic (exact) mass is 230 g/mol. The first kappa shape index (κ1) is 12.7. The summed E-state index contributed by atoms with van der Waals surface area (Å²) in [5.74, 6) is 0. The Hall–Kier alpha value is -0.353. The second-order valence-electron chi connectivity index (χ2n) is 5.87. The van der Waals surface area contributed by atoms with E-state index in [-0.39, 0.29) is 11.1 Å². The molecule has 0 aromatic rings. The highest BCUT2D eigenvalue weighted by molar-refractivity contribution is 6.74. The maximum atomic E-state index is 9.50. The van der Waals surface area contributed by atoms with Gasteiger partial charge in [-0.05, 0) is 22.9 Å². The van der Waals surface area contributed by atoms with Crippen LogP contribution in [0.5, 0.6) is 0 Å². The molecule has 0 amide bonds. The first-order valence-corrected chi connectivity index (χ1v) is 8.59. The van der Waals surface area contributed by atoms with E-state index in [1.54, 1.807) is 0 Å². The van der Waals surface area contributed by atoms with Crippen LogP contribution in [-0.4, -0.2) is 37.1 Å². The van der Waals surface area contributed by atoms with E-state index in [0.717, 1.165) is 12.8 Å². The van der Waals surface area contributed by atoms with Crippen molar-refractivity contribution >= 4 is 14.5 Å². The van der Waals surface area contributed by atoms with Gasteiger partial charge in [-0.15, -0.1) is 0 Å². The standard InChI is InChI=1S/C11H24NO2Si/c1-11(2,3)15(4,5)14-9-10-7-6-8-12(10)13/h8,10,13H,6-7,9H2,1-5H3/q+1. The van der Waals surface area contributed by atoms with Crippen LogP contribution in [0.1, 0.15) is 33.6 Å². The molecule has 0 aromatic heterocycles. The summed E-state index contributed by atoms with van der Waals surface area (Å²) in [6.07, 6.45) is 3.80. The zero-order valence-electron chi connectivity index (χ0n) is 10.6. The van der Waals surface area contributed by atoms with E-state index in [9.17, 15) is 5.21 Å². The Kier molecular flexibility index (Phi) is 3.61. The Morgan fingerprint density at radius 2 is 2.07 bits per heavy atom. The summed E-state index contributed by atoms with van der Waals surface area (Å²) in [6, 6.07) is 0.166. The van der Waals surface area contributed by atoms with Crippen LogP contribution < -0.4 is 0 Å². The largest absolute Gasteiger partial charge is 0.410 e. The molecule has 15 heavy (non-hydrogen) atoms. The summed E-state index contributed by atoms with van der Waals surface area (Å²) < 4.78 is 7.38. The lowest BCUT2D eigenvalue weighted by molar-refractivity contribution is -0.791. The Balaban J connectivity index is 2.46. The number of nitrogens with zero attached hydrogens (tertiary/aromatic N) is 1. The molecule has 1 aliphatic heterocycles. The minimum Gasteiger partial charge on any atom is -0.410 e. The zero-order chi connectivity index (χ0) is 11.7. The van der Waals surface area contributed by atoms with Gasteiger partial charge in [0, 0.05) is 12.8 Å². The number of rotatable bonds is 3. The third-order valence-electron chi connectivity index (χ3n) is 3.63. The molecule has 1 unspecified atom stereocenters. The molecule has 1 aliphatic rings. The molecule has 0 bridgehead atoms. The first-order valence-electron chi connectivity index (χ1n) is 5.68. The molecule has 1 rings (SSSR count). The molecule has 0 radical (unpaired) electrons. The Morgan fingerprint density at radius 1 is 1.47 bits per heavy atom.